The summed E-state index contributed by atoms with van der Waals surface area (Å²) in [5, 5.41) is 0. The lowest BCUT2D eigenvalue weighted by Crippen LogP contribution is -2.50. The van der Waals surface area contributed by atoms with Crippen molar-refractivity contribution in [1.29, 1.82) is 0 Å². The summed E-state index contributed by atoms with van der Waals surface area (Å²) in [5.41, 5.74) is 2.96. The zero-order valence-electron chi connectivity index (χ0n) is 16.6. The van der Waals surface area contributed by atoms with Crippen LogP contribution in [0.1, 0.15) is 72.6 Å². The third-order valence-electron chi connectivity index (χ3n) is 8.35. The van der Waals surface area contributed by atoms with E-state index in [1.54, 1.807) is 6.92 Å². The highest BCUT2D eigenvalue weighted by Gasteiger charge is 2.57. The second-order valence-corrected chi connectivity index (χ2v) is 9.60. The minimum Gasteiger partial charge on any atom is -0.462 e. The lowest BCUT2D eigenvalue weighted by atomic mass is 9.47. The van der Waals surface area contributed by atoms with Crippen molar-refractivity contribution in [2.45, 2.75) is 78.7 Å². The summed E-state index contributed by atoms with van der Waals surface area (Å²) in [6, 6.07) is 0. The van der Waals surface area contributed by atoms with Crippen molar-refractivity contribution in [3.05, 3.63) is 23.3 Å². The predicted molar refractivity (Wildman–Crippen MR) is 101 cm³/mol. The fourth-order valence-corrected chi connectivity index (χ4v) is 7.08. The van der Waals surface area contributed by atoms with Gasteiger partial charge in [0.05, 0.1) is 0 Å². The van der Waals surface area contributed by atoms with Gasteiger partial charge in [0.15, 0.2) is 5.78 Å². The van der Waals surface area contributed by atoms with Crippen molar-refractivity contribution in [3.8, 4) is 0 Å². The van der Waals surface area contributed by atoms with Gasteiger partial charge in [-0.2, -0.15) is 0 Å². The van der Waals surface area contributed by atoms with Crippen LogP contribution in [0.5, 0.6) is 0 Å². The van der Waals surface area contributed by atoms with Crippen LogP contribution in [0.4, 0.5) is 0 Å². The number of rotatable bonds is 2. The van der Waals surface area contributed by atoms with E-state index in [9.17, 15) is 9.59 Å². The number of ketones is 1. The Balaban J connectivity index is 1.59. The zero-order valence-corrected chi connectivity index (χ0v) is 16.6. The molecule has 0 N–H and O–H groups in total. The zero-order chi connectivity index (χ0) is 18.7. The highest BCUT2D eigenvalue weighted by molar-refractivity contribution is 5.95. The number of ether oxygens (including phenoxy) is 1. The van der Waals surface area contributed by atoms with Gasteiger partial charge in [0.25, 0.3) is 0 Å². The molecule has 4 unspecified atom stereocenters. The third kappa shape index (κ3) is 2.53. The average molecular weight is 357 g/mol. The van der Waals surface area contributed by atoms with Crippen molar-refractivity contribution in [2.24, 2.45) is 28.6 Å². The Morgan fingerprint density at radius 1 is 1.00 bits per heavy atom. The van der Waals surface area contributed by atoms with E-state index >= 15 is 0 Å². The van der Waals surface area contributed by atoms with Crippen LogP contribution >= 0.6 is 0 Å². The van der Waals surface area contributed by atoms with E-state index in [0.29, 0.717) is 17.8 Å². The Hall–Kier alpha value is -1.38. The molecular formula is C23H32O3. The highest BCUT2D eigenvalue weighted by atomic mass is 16.5. The molecule has 2 fully saturated rings. The lowest BCUT2D eigenvalue weighted by Gasteiger charge is -2.57. The topological polar surface area (TPSA) is 43.4 Å². The number of Topliss-reactive ketones (excluding diaryl/α,β-unsaturated/α-hetero) is 1. The fourth-order valence-electron chi connectivity index (χ4n) is 7.08. The molecule has 0 spiro atoms. The summed E-state index contributed by atoms with van der Waals surface area (Å²) in [7, 11) is 0. The molecule has 0 amide bonds. The third-order valence-corrected chi connectivity index (χ3v) is 8.35. The Labute approximate surface area is 157 Å². The van der Waals surface area contributed by atoms with Crippen LogP contribution in [0.25, 0.3) is 0 Å². The lowest BCUT2D eigenvalue weighted by molar-refractivity contribution is -0.148. The molecule has 4 rings (SSSR count). The second kappa shape index (κ2) is 6.07. The summed E-state index contributed by atoms with van der Waals surface area (Å²) >= 11 is 0. The summed E-state index contributed by atoms with van der Waals surface area (Å²) in [4.78, 5) is 23.5. The first kappa shape index (κ1) is 18.0. The van der Waals surface area contributed by atoms with Gasteiger partial charge in [0.2, 0.25) is 0 Å². The second-order valence-electron chi connectivity index (χ2n) is 9.60. The van der Waals surface area contributed by atoms with Crippen LogP contribution in [0.2, 0.25) is 0 Å². The number of hydrogen-bond donors (Lipinski definition) is 0. The number of allylic oxidation sites excluding steroid dienone is 3. The first-order valence-electron chi connectivity index (χ1n) is 10.3. The van der Waals surface area contributed by atoms with Gasteiger partial charge in [-0.3, -0.25) is 9.59 Å². The molecule has 0 radical (unpaired) electrons. The minimum atomic E-state index is -0.157. The maximum atomic E-state index is 12.2. The Morgan fingerprint density at radius 2 is 1.73 bits per heavy atom. The molecule has 26 heavy (non-hydrogen) atoms. The van der Waals surface area contributed by atoms with Gasteiger partial charge >= 0.3 is 5.97 Å². The molecule has 3 nitrogen and oxygen atoms in total. The van der Waals surface area contributed by atoms with Crippen LogP contribution < -0.4 is 0 Å². The molecule has 0 aromatic heterocycles. The van der Waals surface area contributed by atoms with Crippen LogP contribution in [0, 0.1) is 28.6 Å². The van der Waals surface area contributed by atoms with Crippen LogP contribution in [0.3, 0.4) is 0 Å². The SMILES string of the molecule is CC(=O)OC1CC[C@@]2(C)C(=CCC3C2CC[C@]2(C)C(C(C)=O)=CCC32)C1. The van der Waals surface area contributed by atoms with E-state index < -0.39 is 0 Å². The largest absolute Gasteiger partial charge is 0.462 e. The number of esters is 1. The average Bonchev–Trinajstić information content (AvgIpc) is 2.92. The maximum absolute atomic E-state index is 12.2. The molecule has 2 saturated carbocycles. The Morgan fingerprint density at radius 3 is 2.42 bits per heavy atom. The quantitative estimate of drug-likeness (QED) is 0.516. The van der Waals surface area contributed by atoms with E-state index in [1.165, 1.54) is 18.9 Å². The van der Waals surface area contributed by atoms with Crippen molar-refractivity contribution in [3.63, 3.8) is 0 Å². The molecule has 4 aliphatic carbocycles. The van der Waals surface area contributed by atoms with Crippen molar-refractivity contribution in [1.82, 2.24) is 0 Å². The van der Waals surface area contributed by atoms with Crippen molar-refractivity contribution in [2.75, 3.05) is 0 Å². The van der Waals surface area contributed by atoms with Gasteiger partial charge in [-0.25, -0.2) is 0 Å². The van der Waals surface area contributed by atoms with Crippen molar-refractivity contribution < 1.29 is 14.3 Å². The minimum absolute atomic E-state index is 0.0645. The molecule has 142 valence electrons. The van der Waals surface area contributed by atoms with Crippen molar-refractivity contribution >= 4 is 11.8 Å². The first-order valence-corrected chi connectivity index (χ1v) is 10.3. The van der Waals surface area contributed by atoms with Crippen LogP contribution in [-0.4, -0.2) is 17.9 Å². The van der Waals surface area contributed by atoms with E-state index in [4.69, 9.17) is 4.74 Å². The fraction of sp³-hybridized carbons (Fsp3) is 0.739. The number of fused-ring (bicyclic) bond motifs is 5. The van der Waals surface area contributed by atoms with E-state index in [0.717, 1.165) is 44.1 Å². The smallest absolute Gasteiger partial charge is 0.302 e. The summed E-state index contributed by atoms with van der Waals surface area (Å²) in [6.45, 7) is 8.05. The van der Waals surface area contributed by atoms with Crippen LogP contribution in [0.15, 0.2) is 23.3 Å². The summed E-state index contributed by atoms with van der Waals surface area (Å²) < 4.78 is 5.52. The molecule has 4 aliphatic rings. The molecule has 0 aromatic carbocycles. The molecule has 0 aromatic rings. The monoisotopic (exact) mass is 356 g/mol. The number of carbonyl (C=O) groups excluding carboxylic acids is 2. The van der Waals surface area contributed by atoms with Gasteiger partial charge in [0.1, 0.15) is 6.10 Å². The standard InChI is InChI=1S/C23H32O3/c1-14(24)19-7-8-20-18-6-5-16-13-17(26-15(2)25)9-11-22(16,3)21(18)10-12-23(19,20)4/h5,7,17-18,20-21H,6,8-13H2,1-4H3/t17?,18?,20?,21?,22-,23+/m0/s1. The number of carbonyl (C=O) groups is 2. The van der Waals surface area contributed by atoms with E-state index in [2.05, 4.69) is 26.0 Å². The molecular weight excluding hydrogens is 324 g/mol. The summed E-state index contributed by atoms with van der Waals surface area (Å²) in [6.07, 6.45) is 12.3. The van der Waals surface area contributed by atoms with Gasteiger partial charge in [0, 0.05) is 13.3 Å². The van der Waals surface area contributed by atoms with Gasteiger partial charge in [-0.15, -0.1) is 0 Å². The van der Waals surface area contributed by atoms with Crippen LogP contribution in [-0.2, 0) is 14.3 Å². The van der Waals surface area contributed by atoms with E-state index in [-0.39, 0.29) is 28.7 Å². The predicted octanol–water partition coefficient (Wildman–Crippen LogP) is 5.01. The molecule has 0 bridgehead atoms. The number of hydrogen-bond acceptors (Lipinski definition) is 3. The van der Waals surface area contributed by atoms with E-state index in [1.807, 2.05) is 0 Å². The molecule has 6 atom stereocenters. The molecule has 3 heteroatoms. The summed E-state index contributed by atoms with van der Waals surface area (Å²) in [5.74, 6) is 2.11. The Kier molecular flexibility index (Phi) is 4.20. The molecule has 0 saturated heterocycles. The first-order chi connectivity index (χ1) is 12.3. The molecule has 0 aliphatic heterocycles. The van der Waals surface area contributed by atoms with Gasteiger partial charge in [-0.1, -0.05) is 31.6 Å². The highest BCUT2D eigenvalue weighted by Crippen LogP contribution is 2.65. The molecule has 0 heterocycles. The van der Waals surface area contributed by atoms with Gasteiger partial charge in [-0.05, 0) is 79.6 Å². The Bertz CT molecular complexity index is 702. The maximum Gasteiger partial charge on any atom is 0.302 e. The van der Waals surface area contributed by atoms with Gasteiger partial charge < -0.3 is 4.74 Å². The normalized spacial score (nSPS) is 44.2.